The van der Waals surface area contributed by atoms with Crippen LogP contribution in [0.2, 0.25) is 0 Å². The van der Waals surface area contributed by atoms with Crippen LogP contribution in [0.1, 0.15) is 5.56 Å². The molecule has 2 aromatic carbocycles. The predicted octanol–water partition coefficient (Wildman–Crippen LogP) is 4.21. The van der Waals surface area contributed by atoms with Crippen LogP contribution < -0.4 is 5.73 Å². The first kappa shape index (κ1) is 13.4. The fourth-order valence-corrected chi connectivity index (χ4v) is 2.33. The predicted molar refractivity (Wildman–Crippen MR) is 76.2 cm³/mol. The Morgan fingerprint density at radius 1 is 1.00 bits per heavy atom. The zero-order valence-electron chi connectivity index (χ0n) is 11.1. The van der Waals surface area contributed by atoms with Crippen molar-refractivity contribution in [2.75, 3.05) is 5.73 Å². The molecule has 0 amide bonds. The molecule has 0 aliphatic rings. The zero-order valence-corrected chi connectivity index (χ0v) is 11.1. The van der Waals surface area contributed by atoms with E-state index in [1.54, 1.807) is 31.2 Å². The summed E-state index contributed by atoms with van der Waals surface area (Å²) in [6.45, 7) is 1.67. The largest absolute Gasteiger partial charge is 0.398 e. The van der Waals surface area contributed by atoms with Gasteiger partial charge in [0.15, 0.2) is 11.6 Å². The maximum absolute atomic E-state index is 13.9. The lowest BCUT2D eigenvalue weighted by Crippen LogP contribution is -2.03. The number of aromatic nitrogens is 1. The molecule has 3 aromatic rings. The molecule has 1 heterocycles. The number of fused-ring (bicyclic) bond motifs is 1. The molecule has 0 saturated carbocycles. The number of pyridine rings is 1. The second-order valence-electron chi connectivity index (χ2n) is 4.74. The SMILES string of the molecule is Cc1c(-c2ccccc2)nc2c(F)c(F)cc(F)c2c1N. The molecule has 3 rings (SSSR count). The van der Waals surface area contributed by atoms with E-state index in [2.05, 4.69) is 4.98 Å². The van der Waals surface area contributed by atoms with Crippen molar-refractivity contribution in [3.8, 4) is 11.3 Å². The number of hydrogen-bond donors (Lipinski definition) is 1. The van der Waals surface area contributed by atoms with Crippen LogP contribution in [0.5, 0.6) is 0 Å². The van der Waals surface area contributed by atoms with Crippen LogP contribution >= 0.6 is 0 Å². The van der Waals surface area contributed by atoms with Crippen molar-refractivity contribution in [1.29, 1.82) is 0 Å². The summed E-state index contributed by atoms with van der Waals surface area (Å²) in [5.74, 6) is -3.40. The molecular formula is C16H11F3N2. The van der Waals surface area contributed by atoms with E-state index in [1.807, 2.05) is 6.07 Å². The Morgan fingerprint density at radius 3 is 2.33 bits per heavy atom. The molecule has 21 heavy (non-hydrogen) atoms. The smallest absolute Gasteiger partial charge is 0.185 e. The number of nitrogens with zero attached hydrogens (tertiary/aromatic N) is 1. The number of anilines is 1. The highest BCUT2D eigenvalue weighted by atomic mass is 19.2. The van der Waals surface area contributed by atoms with Crippen LogP contribution in [0, 0.1) is 24.4 Å². The molecule has 106 valence electrons. The van der Waals surface area contributed by atoms with Gasteiger partial charge in [-0.15, -0.1) is 0 Å². The first-order chi connectivity index (χ1) is 10.0. The van der Waals surface area contributed by atoms with E-state index >= 15 is 0 Å². The highest BCUT2D eigenvalue weighted by molar-refractivity contribution is 5.95. The van der Waals surface area contributed by atoms with Crippen LogP contribution in [-0.2, 0) is 0 Å². The third-order valence-corrected chi connectivity index (χ3v) is 3.45. The number of hydrogen-bond acceptors (Lipinski definition) is 2. The van der Waals surface area contributed by atoms with E-state index < -0.39 is 23.0 Å². The van der Waals surface area contributed by atoms with Gasteiger partial charge >= 0.3 is 0 Å². The number of benzene rings is 2. The lowest BCUT2D eigenvalue weighted by atomic mass is 10.0. The average Bonchev–Trinajstić information content (AvgIpc) is 2.48. The van der Waals surface area contributed by atoms with Crippen LogP contribution in [0.25, 0.3) is 22.2 Å². The van der Waals surface area contributed by atoms with Gasteiger partial charge in [-0.1, -0.05) is 30.3 Å². The Balaban J connectivity index is 2.45. The lowest BCUT2D eigenvalue weighted by Gasteiger charge is -2.13. The molecule has 1 aromatic heterocycles. The van der Waals surface area contributed by atoms with Gasteiger partial charge in [-0.2, -0.15) is 0 Å². The normalized spacial score (nSPS) is 11.0. The Bertz CT molecular complexity index is 846. The summed E-state index contributed by atoms with van der Waals surface area (Å²) in [6.07, 6.45) is 0. The molecule has 0 radical (unpaired) electrons. The summed E-state index contributed by atoms with van der Waals surface area (Å²) in [4.78, 5) is 4.09. The van der Waals surface area contributed by atoms with Gasteiger partial charge in [-0.3, -0.25) is 0 Å². The third-order valence-electron chi connectivity index (χ3n) is 3.45. The Labute approximate surface area is 119 Å². The van der Waals surface area contributed by atoms with Gasteiger partial charge < -0.3 is 5.73 Å². The topological polar surface area (TPSA) is 38.9 Å². The molecule has 0 spiro atoms. The first-order valence-corrected chi connectivity index (χ1v) is 6.29. The minimum absolute atomic E-state index is 0.0650. The average molecular weight is 288 g/mol. The van der Waals surface area contributed by atoms with Crippen LogP contribution in [0.4, 0.5) is 18.9 Å². The fourth-order valence-electron chi connectivity index (χ4n) is 2.33. The summed E-state index contributed by atoms with van der Waals surface area (Å²) >= 11 is 0. The number of nitrogens with two attached hydrogens (primary N) is 1. The second-order valence-corrected chi connectivity index (χ2v) is 4.74. The summed E-state index contributed by atoms with van der Waals surface area (Å²) in [7, 11) is 0. The maximum atomic E-state index is 13.9. The first-order valence-electron chi connectivity index (χ1n) is 6.29. The number of halogens is 3. The second kappa shape index (κ2) is 4.77. The van der Waals surface area contributed by atoms with Crippen molar-refractivity contribution in [3.05, 3.63) is 59.4 Å². The van der Waals surface area contributed by atoms with Gasteiger partial charge in [-0.05, 0) is 12.5 Å². The van der Waals surface area contributed by atoms with Crippen LogP contribution in [0.15, 0.2) is 36.4 Å². The maximum Gasteiger partial charge on any atom is 0.185 e. The monoisotopic (exact) mass is 288 g/mol. The van der Waals surface area contributed by atoms with E-state index in [0.717, 1.165) is 0 Å². The van der Waals surface area contributed by atoms with Crippen molar-refractivity contribution in [1.82, 2.24) is 4.98 Å². The quantitative estimate of drug-likeness (QED) is 0.681. The molecule has 0 bridgehead atoms. The van der Waals surface area contributed by atoms with E-state index in [0.29, 0.717) is 22.9 Å². The molecule has 2 N–H and O–H groups in total. The Kier molecular flexibility index (Phi) is 3.05. The Morgan fingerprint density at radius 2 is 1.67 bits per heavy atom. The summed E-state index contributed by atoms with van der Waals surface area (Å²) in [6, 6.07) is 9.43. The third kappa shape index (κ3) is 2.01. The van der Waals surface area contributed by atoms with Crippen molar-refractivity contribution >= 4 is 16.6 Å². The van der Waals surface area contributed by atoms with Crippen LogP contribution in [0.3, 0.4) is 0 Å². The highest BCUT2D eigenvalue weighted by Crippen LogP contribution is 2.34. The summed E-state index contributed by atoms with van der Waals surface area (Å²) in [5.41, 5.74) is 7.21. The van der Waals surface area contributed by atoms with E-state index in [4.69, 9.17) is 5.73 Å². The molecule has 0 unspecified atom stereocenters. The summed E-state index contributed by atoms with van der Waals surface area (Å²) in [5, 5.41) is -0.189. The Hall–Kier alpha value is -2.56. The molecule has 0 atom stereocenters. The van der Waals surface area contributed by atoms with Crippen molar-refractivity contribution < 1.29 is 13.2 Å². The van der Waals surface area contributed by atoms with Gasteiger partial charge in [0.25, 0.3) is 0 Å². The van der Waals surface area contributed by atoms with Crippen molar-refractivity contribution in [2.45, 2.75) is 6.92 Å². The molecule has 2 nitrogen and oxygen atoms in total. The van der Waals surface area contributed by atoms with Gasteiger partial charge in [0.1, 0.15) is 11.3 Å². The number of rotatable bonds is 1. The van der Waals surface area contributed by atoms with Gasteiger partial charge in [0.2, 0.25) is 0 Å². The highest BCUT2D eigenvalue weighted by Gasteiger charge is 2.20. The number of nitrogen functional groups attached to an aromatic ring is 1. The lowest BCUT2D eigenvalue weighted by molar-refractivity contribution is 0.504. The van der Waals surface area contributed by atoms with Gasteiger partial charge in [-0.25, -0.2) is 18.2 Å². The minimum Gasteiger partial charge on any atom is -0.398 e. The molecule has 0 aliphatic heterocycles. The summed E-state index contributed by atoms with van der Waals surface area (Å²) < 4.78 is 41.2. The minimum atomic E-state index is -1.28. The van der Waals surface area contributed by atoms with E-state index in [-0.39, 0.29) is 11.1 Å². The van der Waals surface area contributed by atoms with Crippen LogP contribution in [-0.4, -0.2) is 4.98 Å². The molecular weight excluding hydrogens is 277 g/mol. The van der Waals surface area contributed by atoms with Gasteiger partial charge in [0, 0.05) is 17.3 Å². The van der Waals surface area contributed by atoms with Crippen molar-refractivity contribution in [2.24, 2.45) is 0 Å². The molecule has 0 aliphatic carbocycles. The molecule has 0 saturated heterocycles. The fraction of sp³-hybridized carbons (Fsp3) is 0.0625. The standard InChI is InChI=1S/C16H11F3N2/c1-8-14(20)12-10(17)7-11(18)13(19)16(12)21-15(8)9-5-3-2-4-6-9/h2-7H,1H3,(H2,20,21). The van der Waals surface area contributed by atoms with E-state index in [9.17, 15) is 13.2 Å². The molecule has 5 heteroatoms. The zero-order chi connectivity index (χ0) is 15.1. The van der Waals surface area contributed by atoms with Crippen molar-refractivity contribution in [3.63, 3.8) is 0 Å². The van der Waals surface area contributed by atoms with Gasteiger partial charge in [0.05, 0.1) is 11.1 Å². The molecule has 0 fully saturated rings. The van der Waals surface area contributed by atoms with E-state index in [1.165, 1.54) is 0 Å².